The number of hydrogen-bond donors (Lipinski definition) is 1. The fourth-order valence-corrected chi connectivity index (χ4v) is 0.331. The second-order valence-electron chi connectivity index (χ2n) is 1.19. The van der Waals surface area contributed by atoms with Crippen molar-refractivity contribution in [3.8, 4) is 0 Å². The molecule has 0 aromatic carbocycles. The average molecular weight is 187 g/mol. The molecular weight excluding hydrogens is 180 g/mol. The van der Waals surface area contributed by atoms with Gasteiger partial charge in [-0.25, -0.2) is 0 Å². The Hall–Kier alpha value is -0.700. The maximum absolute atomic E-state index is 6.70. The molecule has 0 radical (unpaired) electrons. The summed E-state index contributed by atoms with van der Waals surface area (Å²) in [6.07, 6.45) is 5.81. The fraction of sp³-hybridized carbons (Fsp3) is 0. The maximum Gasteiger partial charge on any atom is 0.0533 e. The number of allylic oxidation sites excluding steroid dienone is 2. The molecule has 0 aliphatic carbocycles. The van der Waals surface area contributed by atoms with Crippen LogP contribution in [-0.4, -0.2) is 12.4 Å². The minimum atomic E-state index is 0.639. The molecule has 0 aromatic rings. The number of halogens is 1. The van der Waals surface area contributed by atoms with Crippen LogP contribution in [0.3, 0.4) is 0 Å². The van der Waals surface area contributed by atoms with E-state index in [1.165, 1.54) is 12.4 Å². The molecule has 3 heteroatoms. The predicted octanol–water partition coefficient (Wildman–Crippen LogP) is 2.13. The van der Waals surface area contributed by atoms with E-state index in [1.807, 2.05) is 0 Å². The van der Waals surface area contributed by atoms with Crippen molar-refractivity contribution in [1.29, 1.82) is 5.41 Å². The van der Waals surface area contributed by atoms with Crippen molar-refractivity contribution in [3.63, 3.8) is 0 Å². The van der Waals surface area contributed by atoms with Crippen molar-refractivity contribution in [2.75, 3.05) is 0 Å². The molecule has 1 N–H and O–H groups in total. The van der Waals surface area contributed by atoms with Crippen LogP contribution in [0.2, 0.25) is 0 Å². The van der Waals surface area contributed by atoms with Crippen LogP contribution in [0.15, 0.2) is 28.3 Å². The van der Waals surface area contributed by atoms with Gasteiger partial charge < -0.3 is 5.41 Å². The lowest BCUT2D eigenvalue weighted by Gasteiger charge is -1.78. The lowest BCUT2D eigenvalue weighted by atomic mass is 10.6. The van der Waals surface area contributed by atoms with E-state index < -0.39 is 0 Å². The third-order valence-corrected chi connectivity index (χ3v) is 0.961. The lowest BCUT2D eigenvalue weighted by molar-refractivity contribution is 1.55. The molecule has 0 aliphatic heterocycles. The van der Waals surface area contributed by atoms with Gasteiger partial charge in [-0.1, -0.05) is 12.7 Å². The van der Waals surface area contributed by atoms with Gasteiger partial charge in [0.2, 0.25) is 0 Å². The quantitative estimate of drug-likeness (QED) is 0.657. The summed E-state index contributed by atoms with van der Waals surface area (Å²) < 4.78 is 0.639. The summed E-state index contributed by atoms with van der Waals surface area (Å²) in [5.74, 6) is 0. The summed E-state index contributed by atoms with van der Waals surface area (Å²) in [7, 11) is 0. The van der Waals surface area contributed by atoms with Crippen molar-refractivity contribution < 1.29 is 0 Å². The Labute approximate surface area is 62.6 Å². The largest absolute Gasteiger partial charge is 0.308 e. The third-order valence-electron chi connectivity index (χ3n) is 0.527. The Kier molecular flexibility index (Phi) is 5.01. The molecule has 0 spiro atoms. The predicted molar refractivity (Wildman–Crippen MR) is 44.5 cm³/mol. The molecule has 2 nitrogen and oxygen atoms in total. The van der Waals surface area contributed by atoms with Crippen molar-refractivity contribution in [3.05, 3.63) is 23.3 Å². The van der Waals surface area contributed by atoms with Crippen LogP contribution in [0, 0.1) is 5.41 Å². The topological polar surface area (TPSA) is 36.2 Å². The molecule has 0 amide bonds. The van der Waals surface area contributed by atoms with Crippen LogP contribution < -0.4 is 0 Å². The minimum Gasteiger partial charge on any atom is -0.308 e. The second-order valence-corrected chi connectivity index (χ2v) is 2.11. The molecule has 0 saturated heterocycles. The van der Waals surface area contributed by atoms with Crippen molar-refractivity contribution in [2.24, 2.45) is 4.99 Å². The van der Waals surface area contributed by atoms with Gasteiger partial charge in [0.25, 0.3) is 0 Å². The fourth-order valence-electron chi connectivity index (χ4n) is 0.212. The van der Waals surface area contributed by atoms with E-state index in [9.17, 15) is 0 Å². The van der Waals surface area contributed by atoms with Crippen LogP contribution >= 0.6 is 15.9 Å². The maximum atomic E-state index is 6.70. The number of nitrogens with zero attached hydrogens (tertiary/aromatic N) is 1. The first-order valence-electron chi connectivity index (χ1n) is 2.31. The SMILES string of the molecule is C=CC=NC=C(Br)C=N. The molecule has 9 heavy (non-hydrogen) atoms. The van der Waals surface area contributed by atoms with E-state index in [2.05, 4.69) is 27.5 Å². The van der Waals surface area contributed by atoms with Crippen LogP contribution in [-0.2, 0) is 0 Å². The molecule has 48 valence electrons. The molecule has 0 saturated carbocycles. The van der Waals surface area contributed by atoms with Crippen molar-refractivity contribution in [2.45, 2.75) is 0 Å². The van der Waals surface area contributed by atoms with Gasteiger partial charge in [-0.15, -0.1) is 0 Å². The lowest BCUT2D eigenvalue weighted by Crippen LogP contribution is -1.66. The summed E-state index contributed by atoms with van der Waals surface area (Å²) in [5, 5.41) is 6.70. The first kappa shape index (κ1) is 8.30. The Morgan fingerprint density at radius 3 is 2.78 bits per heavy atom. The molecule has 0 heterocycles. The van der Waals surface area contributed by atoms with Crippen LogP contribution in [0.5, 0.6) is 0 Å². The molecule has 0 atom stereocenters. The highest BCUT2D eigenvalue weighted by atomic mass is 79.9. The van der Waals surface area contributed by atoms with E-state index in [-0.39, 0.29) is 0 Å². The molecule has 0 bridgehead atoms. The third kappa shape index (κ3) is 5.17. The highest BCUT2D eigenvalue weighted by Gasteiger charge is 1.76. The zero-order valence-electron chi connectivity index (χ0n) is 4.84. The molecule has 0 rings (SSSR count). The number of aliphatic imine (C=N–C) groups is 1. The first-order chi connectivity index (χ1) is 4.31. The summed E-state index contributed by atoms with van der Waals surface area (Å²) in [6.45, 7) is 3.43. The molecule has 0 aliphatic rings. The van der Waals surface area contributed by atoms with Gasteiger partial charge >= 0.3 is 0 Å². The number of nitrogens with one attached hydrogen (secondary N) is 1. The highest BCUT2D eigenvalue weighted by Crippen LogP contribution is 1.98. The number of hydrogen-bond acceptors (Lipinski definition) is 2. The first-order valence-corrected chi connectivity index (χ1v) is 3.11. The molecular formula is C6H7BrN2. The van der Waals surface area contributed by atoms with Gasteiger partial charge in [0.15, 0.2) is 0 Å². The van der Waals surface area contributed by atoms with Gasteiger partial charge in [-0.05, 0) is 15.9 Å². The zero-order valence-corrected chi connectivity index (χ0v) is 6.43. The van der Waals surface area contributed by atoms with Gasteiger partial charge in [0.05, 0.1) is 4.48 Å². The zero-order chi connectivity index (χ0) is 7.11. The Morgan fingerprint density at radius 2 is 2.33 bits per heavy atom. The summed E-state index contributed by atoms with van der Waals surface area (Å²) in [5.41, 5.74) is 0. The van der Waals surface area contributed by atoms with Gasteiger partial charge in [-0.3, -0.25) is 4.99 Å². The highest BCUT2D eigenvalue weighted by molar-refractivity contribution is 9.12. The van der Waals surface area contributed by atoms with E-state index in [0.29, 0.717) is 4.48 Å². The summed E-state index contributed by atoms with van der Waals surface area (Å²) in [6, 6.07) is 0. The van der Waals surface area contributed by atoms with Gasteiger partial charge in [-0.2, -0.15) is 0 Å². The van der Waals surface area contributed by atoms with E-state index in [0.717, 1.165) is 0 Å². The Balaban J connectivity index is 3.81. The minimum absolute atomic E-state index is 0.639. The molecule has 0 fully saturated rings. The van der Waals surface area contributed by atoms with Gasteiger partial charge in [0.1, 0.15) is 0 Å². The smallest absolute Gasteiger partial charge is 0.0533 e. The van der Waals surface area contributed by atoms with E-state index in [1.54, 1.807) is 12.3 Å². The van der Waals surface area contributed by atoms with Crippen LogP contribution in [0.25, 0.3) is 0 Å². The van der Waals surface area contributed by atoms with E-state index >= 15 is 0 Å². The average Bonchev–Trinajstić information content (AvgIpc) is 1.89. The number of rotatable bonds is 3. The summed E-state index contributed by atoms with van der Waals surface area (Å²) >= 11 is 3.08. The second kappa shape index (κ2) is 5.44. The standard InChI is InChI=1S/C6H7BrN2/c1-2-3-9-5-6(7)4-8/h2-5,8H,1H2. The Morgan fingerprint density at radius 1 is 1.67 bits per heavy atom. The molecule has 0 unspecified atom stereocenters. The molecule has 0 aromatic heterocycles. The van der Waals surface area contributed by atoms with Gasteiger partial charge in [0, 0.05) is 18.6 Å². The van der Waals surface area contributed by atoms with Crippen molar-refractivity contribution in [1.82, 2.24) is 0 Å². The summed E-state index contributed by atoms with van der Waals surface area (Å²) in [4.78, 5) is 3.76. The van der Waals surface area contributed by atoms with Crippen LogP contribution in [0.4, 0.5) is 0 Å². The Bertz CT molecular complexity index is 158. The van der Waals surface area contributed by atoms with Crippen LogP contribution in [0.1, 0.15) is 0 Å². The normalized spacial score (nSPS) is 11.9. The van der Waals surface area contributed by atoms with Crippen molar-refractivity contribution >= 4 is 28.4 Å². The monoisotopic (exact) mass is 186 g/mol. The van der Waals surface area contributed by atoms with E-state index in [4.69, 9.17) is 5.41 Å².